The number of aliphatic carboxylic acids is 1. The van der Waals surface area contributed by atoms with Crippen LogP contribution in [0, 0.1) is 0 Å². The van der Waals surface area contributed by atoms with Gasteiger partial charge in [-0.2, -0.15) is 0 Å². The number of hydrogen-bond donors (Lipinski definition) is 2. The number of rotatable bonds is 6. The molecule has 0 aliphatic rings. The topological polar surface area (TPSA) is 62.2 Å². The predicted octanol–water partition coefficient (Wildman–Crippen LogP) is 4.44. The first-order valence-electron chi connectivity index (χ1n) is 7.97. The van der Waals surface area contributed by atoms with Gasteiger partial charge in [0.2, 0.25) is 0 Å². The predicted molar refractivity (Wildman–Crippen MR) is 93.8 cm³/mol. The van der Waals surface area contributed by atoms with E-state index >= 15 is 0 Å². The minimum absolute atomic E-state index is 0.593. The molecule has 1 atom stereocenters. The Morgan fingerprint density at radius 2 is 1.65 bits per heavy atom. The summed E-state index contributed by atoms with van der Waals surface area (Å²) in [6, 6.07) is 15.1. The van der Waals surface area contributed by atoms with Crippen LogP contribution in [0.1, 0.15) is 26.2 Å². The number of benzene rings is 2. The number of anilines is 1. The van der Waals surface area contributed by atoms with Gasteiger partial charge in [-0.15, -0.1) is 0 Å². The fourth-order valence-electron chi connectivity index (χ4n) is 2.84. The average molecular weight is 308 g/mol. The molecule has 2 aromatic carbocycles. The maximum atomic E-state index is 11.6. The first kappa shape index (κ1) is 15.3. The molecular formula is C19H20N2O2. The summed E-state index contributed by atoms with van der Waals surface area (Å²) in [6.07, 6.45) is 2.46. The number of fused-ring (bicyclic) bond motifs is 2. The lowest BCUT2D eigenvalue weighted by Gasteiger charge is -2.19. The molecule has 0 radical (unpaired) electrons. The first-order valence-corrected chi connectivity index (χ1v) is 7.97. The summed E-state index contributed by atoms with van der Waals surface area (Å²) in [7, 11) is 0. The van der Waals surface area contributed by atoms with Crippen LogP contribution in [0.4, 0.5) is 5.69 Å². The van der Waals surface area contributed by atoms with Crippen molar-refractivity contribution in [3.8, 4) is 0 Å². The molecule has 1 unspecified atom stereocenters. The monoisotopic (exact) mass is 308 g/mol. The van der Waals surface area contributed by atoms with Crippen molar-refractivity contribution < 1.29 is 9.90 Å². The van der Waals surface area contributed by atoms with Crippen LogP contribution in [0.2, 0.25) is 0 Å². The molecule has 118 valence electrons. The number of unbranched alkanes of at least 4 members (excludes halogenated alkanes) is 1. The Kier molecular flexibility index (Phi) is 4.42. The standard InChI is InChI=1S/C19H20N2O2/c1-2-3-10-17(19(22)23)21-18-13-8-4-6-11-15(13)20-16-12-7-5-9-14(16)18/h4-9,11-12,17H,2-3,10H2,1H3,(H,20,21)(H,22,23). The van der Waals surface area contributed by atoms with E-state index < -0.39 is 12.0 Å². The number of nitrogens with zero attached hydrogens (tertiary/aromatic N) is 1. The van der Waals surface area contributed by atoms with Gasteiger partial charge in [0.05, 0.1) is 16.7 Å². The minimum atomic E-state index is -0.816. The third-order valence-electron chi connectivity index (χ3n) is 4.05. The van der Waals surface area contributed by atoms with Gasteiger partial charge < -0.3 is 10.4 Å². The van der Waals surface area contributed by atoms with Gasteiger partial charge in [0.25, 0.3) is 0 Å². The zero-order valence-corrected chi connectivity index (χ0v) is 13.1. The molecule has 0 amide bonds. The Labute approximate surface area is 135 Å². The van der Waals surface area contributed by atoms with E-state index in [-0.39, 0.29) is 0 Å². The second kappa shape index (κ2) is 6.65. The van der Waals surface area contributed by atoms with E-state index in [1.165, 1.54) is 0 Å². The van der Waals surface area contributed by atoms with Crippen molar-refractivity contribution >= 4 is 33.5 Å². The van der Waals surface area contributed by atoms with Crippen molar-refractivity contribution in [1.82, 2.24) is 4.98 Å². The molecule has 23 heavy (non-hydrogen) atoms. The molecule has 3 aromatic rings. The lowest BCUT2D eigenvalue weighted by atomic mass is 10.0. The molecule has 4 heteroatoms. The van der Waals surface area contributed by atoms with E-state index in [0.717, 1.165) is 40.3 Å². The zero-order valence-electron chi connectivity index (χ0n) is 13.1. The number of carboxylic acids is 1. The molecule has 0 aliphatic carbocycles. The fourth-order valence-corrected chi connectivity index (χ4v) is 2.84. The number of nitrogens with one attached hydrogen (secondary N) is 1. The van der Waals surface area contributed by atoms with Gasteiger partial charge in [0.1, 0.15) is 6.04 Å². The molecule has 1 heterocycles. The first-order chi connectivity index (χ1) is 11.2. The Morgan fingerprint density at radius 3 is 2.17 bits per heavy atom. The molecule has 1 aromatic heterocycles. The zero-order chi connectivity index (χ0) is 16.2. The van der Waals surface area contributed by atoms with E-state index in [1.807, 2.05) is 48.5 Å². The molecule has 2 N–H and O–H groups in total. The molecule has 0 saturated carbocycles. The van der Waals surface area contributed by atoms with E-state index in [2.05, 4.69) is 17.2 Å². The fraction of sp³-hybridized carbons (Fsp3) is 0.263. The molecular weight excluding hydrogens is 288 g/mol. The van der Waals surface area contributed by atoms with Crippen molar-refractivity contribution in [3.05, 3.63) is 48.5 Å². The highest BCUT2D eigenvalue weighted by atomic mass is 16.4. The van der Waals surface area contributed by atoms with Crippen molar-refractivity contribution in [2.45, 2.75) is 32.2 Å². The Morgan fingerprint density at radius 1 is 1.09 bits per heavy atom. The second-order valence-electron chi connectivity index (χ2n) is 5.70. The summed E-state index contributed by atoms with van der Waals surface area (Å²) >= 11 is 0. The van der Waals surface area contributed by atoms with Crippen molar-refractivity contribution in [1.29, 1.82) is 0 Å². The van der Waals surface area contributed by atoms with Crippen LogP contribution in [0.5, 0.6) is 0 Å². The van der Waals surface area contributed by atoms with Crippen LogP contribution in [-0.2, 0) is 4.79 Å². The number of carboxylic acid groups (broad SMARTS) is 1. The number of aromatic nitrogens is 1. The van der Waals surface area contributed by atoms with Crippen LogP contribution >= 0.6 is 0 Å². The summed E-state index contributed by atoms with van der Waals surface area (Å²) in [4.78, 5) is 16.3. The van der Waals surface area contributed by atoms with Crippen molar-refractivity contribution in [3.63, 3.8) is 0 Å². The van der Waals surface area contributed by atoms with Gasteiger partial charge in [-0.3, -0.25) is 0 Å². The van der Waals surface area contributed by atoms with Gasteiger partial charge >= 0.3 is 5.97 Å². The van der Waals surface area contributed by atoms with Crippen molar-refractivity contribution in [2.75, 3.05) is 5.32 Å². The van der Waals surface area contributed by atoms with Crippen LogP contribution in [0.3, 0.4) is 0 Å². The number of pyridine rings is 1. The van der Waals surface area contributed by atoms with Gasteiger partial charge in [0.15, 0.2) is 0 Å². The van der Waals surface area contributed by atoms with Crippen LogP contribution in [0.15, 0.2) is 48.5 Å². The summed E-state index contributed by atoms with van der Waals surface area (Å²) in [5, 5.41) is 14.7. The summed E-state index contributed by atoms with van der Waals surface area (Å²) in [5.74, 6) is -0.816. The number of hydrogen-bond acceptors (Lipinski definition) is 3. The highest BCUT2D eigenvalue weighted by Crippen LogP contribution is 2.31. The molecule has 0 fully saturated rings. The molecule has 4 nitrogen and oxygen atoms in total. The second-order valence-corrected chi connectivity index (χ2v) is 5.70. The Balaban J connectivity index is 2.14. The third kappa shape index (κ3) is 3.11. The van der Waals surface area contributed by atoms with E-state index in [9.17, 15) is 9.90 Å². The molecule has 0 saturated heterocycles. The van der Waals surface area contributed by atoms with Gasteiger partial charge in [-0.25, -0.2) is 9.78 Å². The van der Waals surface area contributed by atoms with Crippen LogP contribution < -0.4 is 5.32 Å². The molecule has 0 aliphatic heterocycles. The number of para-hydroxylation sites is 2. The maximum Gasteiger partial charge on any atom is 0.326 e. The van der Waals surface area contributed by atoms with Gasteiger partial charge in [0, 0.05) is 10.8 Å². The largest absolute Gasteiger partial charge is 0.480 e. The Hall–Kier alpha value is -2.62. The quantitative estimate of drug-likeness (QED) is 0.661. The number of carbonyl (C=O) groups is 1. The minimum Gasteiger partial charge on any atom is -0.480 e. The average Bonchev–Trinajstić information content (AvgIpc) is 2.57. The highest BCUT2D eigenvalue weighted by Gasteiger charge is 2.19. The molecule has 3 rings (SSSR count). The molecule has 0 bridgehead atoms. The SMILES string of the molecule is CCCCC(Nc1c2ccccc2nc2ccccc12)C(=O)O. The van der Waals surface area contributed by atoms with E-state index in [4.69, 9.17) is 0 Å². The van der Waals surface area contributed by atoms with Gasteiger partial charge in [-0.1, -0.05) is 56.2 Å². The lowest BCUT2D eigenvalue weighted by molar-refractivity contribution is -0.138. The molecule has 0 spiro atoms. The summed E-state index contributed by atoms with van der Waals surface area (Å²) in [6.45, 7) is 2.07. The lowest BCUT2D eigenvalue weighted by Crippen LogP contribution is -2.29. The van der Waals surface area contributed by atoms with Crippen LogP contribution in [0.25, 0.3) is 21.8 Å². The van der Waals surface area contributed by atoms with E-state index in [1.54, 1.807) is 0 Å². The van der Waals surface area contributed by atoms with Crippen LogP contribution in [-0.4, -0.2) is 22.1 Å². The third-order valence-corrected chi connectivity index (χ3v) is 4.05. The highest BCUT2D eigenvalue weighted by molar-refractivity contribution is 6.08. The van der Waals surface area contributed by atoms with Gasteiger partial charge in [-0.05, 0) is 18.6 Å². The summed E-state index contributed by atoms with van der Waals surface area (Å²) < 4.78 is 0. The smallest absolute Gasteiger partial charge is 0.326 e. The Bertz CT molecular complexity index is 791. The van der Waals surface area contributed by atoms with E-state index in [0.29, 0.717) is 6.42 Å². The summed E-state index contributed by atoms with van der Waals surface area (Å²) in [5.41, 5.74) is 2.59. The van der Waals surface area contributed by atoms with Crippen molar-refractivity contribution in [2.24, 2.45) is 0 Å². The normalized spacial score (nSPS) is 12.4. The maximum absolute atomic E-state index is 11.6.